The second-order valence-electron chi connectivity index (χ2n) is 10.9. The van der Waals surface area contributed by atoms with Gasteiger partial charge in [0.05, 0.1) is 5.56 Å². The molecule has 39 heavy (non-hydrogen) atoms. The molecule has 0 amide bonds. The number of ether oxygens (including phenoxy) is 1. The Bertz CT molecular complexity index is 1330. The van der Waals surface area contributed by atoms with Crippen LogP contribution in [-0.2, 0) is 4.74 Å². The van der Waals surface area contributed by atoms with Crippen molar-refractivity contribution in [1.82, 2.24) is 4.90 Å². The first-order valence-electron chi connectivity index (χ1n) is 13.7. The Morgan fingerprint density at radius 1 is 0.718 bits per heavy atom. The molecule has 1 aliphatic rings. The molecule has 1 saturated heterocycles. The molecule has 3 nitrogen and oxygen atoms in total. The highest BCUT2D eigenvalue weighted by Crippen LogP contribution is 2.39. The third kappa shape index (κ3) is 7.03. The molecule has 5 heteroatoms. The predicted molar refractivity (Wildman–Crippen MR) is 169 cm³/mol. The van der Waals surface area contributed by atoms with Crippen LogP contribution in [0.25, 0.3) is 0 Å². The summed E-state index contributed by atoms with van der Waals surface area (Å²) in [5, 5.41) is 6.10. The van der Waals surface area contributed by atoms with Crippen LogP contribution in [0.15, 0.2) is 109 Å². The normalized spacial score (nSPS) is 14.9. The molecule has 0 aromatic heterocycles. The minimum absolute atomic E-state index is 0.236. The number of benzene rings is 4. The molecule has 5 rings (SSSR count). The average molecular weight is 554 g/mol. The van der Waals surface area contributed by atoms with E-state index in [-0.39, 0.29) is 5.97 Å². The molecule has 0 N–H and O–H groups in total. The molecule has 0 radical (unpaired) electrons. The van der Waals surface area contributed by atoms with Gasteiger partial charge in [0.2, 0.25) is 0 Å². The van der Waals surface area contributed by atoms with E-state index in [2.05, 4.69) is 114 Å². The van der Waals surface area contributed by atoms with Gasteiger partial charge in [-0.25, -0.2) is 4.79 Å². The van der Waals surface area contributed by atoms with E-state index in [9.17, 15) is 4.79 Å². The Kier molecular flexibility index (Phi) is 8.93. The molecule has 1 fully saturated rings. The molecule has 4 aromatic rings. The number of rotatable bonds is 8. The van der Waals surface area contributed by atoms with Crippen LogP contribution in [0.4, 0.5) is 0 Å². The first-order chi connectivity index (χ1) is 18.9. The van der Waals surface area contributed by atoms with Gasteiger partial charge in [-0.3, -0.25) is 4.90 Å². The molecule has 1 heterocycles. The third-order valence-electron chi connectivity index (χ3n) is 6.78. The lowest BCUT2D eigenvalue weighted by Gasteiger charge is -2.28. The summed E-state index contributed by atoms with van der Waals surface area (Å²) in [4.78, 5) is 16.4. The summed E-state index contributed by atoms with van der Waals surface area (Å²) < 4.78 is 6.03. The molecule has 0 spiro atoms. The zero-order valence-electron chi connectivity index (χ0n) is 23.1. The van der Waals surface area contributed by atoms with Crippen LogP contribution < -0.4 is 26.5 Å². The van der Waals surface area contributed by atoms with Gasteiger partial charge in [-0.2, -0.15) is 0 Å². The van der Waals surface area contributed by atoms with E-state index in [1.165, 1.54) is 28.8 Å². The standard InChI is InChI=1S/C34H37NO2P2/c1-34(2,3)37-33(36)31-25-30(39(28-17-9-5-10-18-28)29-19-11-6-12-20-29)21-22-32(31)38(26-35-23-13-14-24-35)27-15-7-4-8-16-27/h4-12,15-22,25H,13-14,23-24,26H2,1-3H3. The van der Waals surface area contributed by atoms with E-state index < -0.39 is 21.4 Å². The van der Waals surface area contributed by atoms with Gasteiger partial charge in [-0.15, -0.1) is 0 Å². The maximum absolute atomic E-state index is 13.9. The van der Waals surface area contributed by atoms with Gasteiger partial charge in [0, 0.05) is 6.29 Å². The SMILES string of the molecule is CC(C)(C)OC(=O)c1cc(P(c2ccccc2)c2ccccc2)ccc1P(CN1CCCC1)c1ccccc1. The monoisotopic (exact) mass is 553 g/mol. The maximum atomic E-state index is 13.9. The quantitative estimate of drug-likeness (QED) is 0.202. The smallest absolute Gasteiger partial charge is 0.339 e. The summed E-state index contributed by atoms with van der Waals surface area (Å²) in [6.45, 7) is 8.08. The molecule has 0 aliphatic carbocycles. The zero-order chi connectivity index (χ0) is 27.2. The van der Waals surface area contributed by atoms with Crippen LogP contribution in [-0.4, -0.2) is 35.8 Å². The first-order valence-corrected chi connectivity index (χ1v) is 16.6. The van der Waals surface area contributed by atoms with Gasteiger partial charge in [-0.1, -0.05) is 103 Å². The molecule has 1 unspecified atom stereocenters. The van der Waals surface area contributed by atoms with E-state index in [1.54, 1.807) is 0 Å². The van der Waals surface area contributed by atoms with Crippen LogP contribution in [0.1, 0.15) is 44.0 Å². The molecular formula is C34H37NO2P2. The van der Waals surface area contributed by atoms with Gasteiger partial charge in [0.25, 0.3) is 0 Å². The molecule has 0 bridgehead atoms. The number of carbonyl (C=O) groups excluding carboxylic acids is 1. The fraction of sp³-hybridized carbons (Fsp3) is 0.265. The highest BCUT2D eigenvalue weighted by atomic mass is 31.1. The predicted octanol–water partition coefficient (Wildman–Crippen LogP) is 5.89. The van der Waals surface area contributed by atoms with Gasteiger partial charge in [0.1, 0.15) is 5.60 Å². The highest BCUT2D eigenvalue weighted by Gasteiger charge is 2.29. The fourth-order valence-corrected chi connectivity index (χ4v) is 9.85. The van der Waals surface area contributed by atoms with Gasteiger partial charge in [-0.05, 0) is 95.1 Å². The van der Waals surface area contributed by atoms with Crippen LogP contribution in [0.3, 0.4) is 0 Å². The fourth-order valence-electron chi connectivity index (χ4n) is 5.03. The second kappa shape index (κ2) is 12.6. The van der Waals surface area contributed by atoms with Crippen molar-refractivity contribution in [2.75, 3.05) is 19.4 Å². The Hall–Kier alpha value is -2.83. The largest absolute Gasteiger partial charge is 0.456 e. The molecule has 0 saturated carbocycles. The van der Waals surface area contributed by atoms with Crippen molar-refractivity contribution >= 4 is 48.3 Å². The molecule has 1 aliphatic heterocycles. The first kappa shape index (κ1) is 27.7. The van der Waals surface area contributed by atoms with Crippen molar-refractivity contribution in [3.8, 4) is 0 Å². The van der Waals surface area contributed by atoms with Crippen molar-refractivity contribution in [2.24, 2.45) is 0 Å². The lowest BCUT2D eigenvalue weighted by molar-refractivity contribution is 0.00712. The Balaban J connectivity index is 1.65. The average Bonchev–Trinajstić information content (AvgIpc) is 3.46. The summed E-state index contributed by atoms with van der Waals surface area (Å²) in [6.07, 6.45) is 3.45. The minimum Gasteiger partial charge on any atom is -0.456 e. The van der Waals surface area contributed by atoms with E-state index >= 15 is 0 Å². The summed E-state index contributed by atoms with van der Waals surface area (Å²) >= 11 is 0. The van der Waals surface area contributed by atoms with E-state index in [0.29, 0.717) is 5.56 Å². The van der Waals surface area contributed by atoms with Crippen LogP contribution in [0, 0.1) is 0 Å². The van der Waals surface area contributed by atoms with Crippen molar-refractivity contribution in [3.05, 3.63) is 115 Å². The topological polar surface area (TPSA) is 29.5 Å². The molecule has 4 aromatic carbocycles. The number of carbonyl (C=O) groups is 1. The minimum atomic E-state index is -0.830. The van der Waals surface area contributed by atoms with Crippen molar-refractivity contribution in [1.29, 1.82) is 0 Å². The number of esters is 1. The number of likely N-dealkylation sites (tertiary alicyclic amines) is 1. The van der Waals surface area contributed by atoms with Gasteiger partial charge >= 0.3 is 5.97 Å². The highest BCUT2D eigenvalue weighted by molar-refractivity contribution is 7.79. The van der Waals surface area contributed by atoms with Crippen LogP contribution >= 0.6 is 15.8 Å². The van der Waals surface area contributed by atoms with Crippen LogP contribution in [0.5, 0.6) is 0 Å². The van der Waals surface area contributed by atoms with Crippen molar-refractivity contribution in [3.63, 3.8) is 0 Å². The Labute approximate surface area is 235 Å². The summed E-state index contributed by atoms with van der Waals surface area (Å²) in [6, 6.07) is 38.7. The second-order valence-corrected chi connectivity index (χ2v) is 15.3. The maximum Gasteiger partial charge on any atom is 0.339 e. The third-order valence-corrected chi connectivity index (χ3v) is 11.8. The van der Waals surface area contributed by atoms with Gasteiger partial charge < -0.3 is 4.74 Å². The molecular weight excluding hydrogens is 516 g/mol. The lowest BCUT2D eigenvalue weighted by Crippen LogP contribution is -2.32. The Morgan fingerprint density at radius 3 is 1.74 bits per heavy atom. The summed E-state index contributed by atoms with van der Waals surface area (Å²) in [5.41, 5.74) is 0.134. The van der Waals surface area contributed by atoms with E-state index in [1.807, 2.05) is 20.8 Å². The van der Waals surface area contributed by atoms with Crippen molar-refractivity contribution < 1.29 is 9.53 Å². The molecule has 200 valence electrons. The van der Waals surface area contributed by atoms with Crippen molar-refractivity contribution in [2.45, 2.75) is 39.2 Å². The lowest BCUT2D eigenvalue weighted by atomic mass is 10.1. The number of nitrogens with zero attached hydrogens (tertiary/aromatic N) is 1. The number of hydrogen-bond acceptors (Lipinski definition) is 3. The van der Waals surface area contributed by atoms with Gasteiger partial charge in [0.15, 0.2) is 0 Å². The zero-order valence-corrected chi connectivity index (χ0v) is 24.9. The van der Waals surface area contributed by atoms with Crippen LogP contribution in [0.2, 0.25) is 0 Å². The molecule has 1 atom stereocenters. The van der Waals surface area contributed by atoms with E-state index in [0.717, 1.165) is 30.0 Å². The number of hydrogen-bond donors (Lipinski definition) is 0. The Morgan fingerprint density at radius 2 is 1.23 bits per heavy atom. The summed E-state index contributed by atoms with van der Waals surface area (Å²) in [7, 11) is -1.59. The summed E-state index contributed by atoms with van der Waals surface area (Å²) in [5.74, 6) is -0.236. The van der Waals surface area contributed by atoms with E-state index in [4.69, 9.17) is 4.74 Å².